The third-order valence-corrected chi connectivity index (χ3v) is 4.76. The Hall–Kier alpha value is -2.42. The van der Waals surface area contributed by atoms with Gasteiger partial charge in [0.25, 0.3) is 0 Å². The molecule has 8 nitrogen and oxygen atoms in total. The van der Waals surface area contributed by atoms with Crippen LogP contribution in [0.1, 0.15) is 17.2 Å². The molecule has 2 saturated heterocycles. The lowest BCUT2D eigenvalue weighted by Crippen LogP contribution is -2.60. The summed E-state index contributed by atoms with van der Waals surface area (Å²) >= 11 is 0. The maximum atomic E-state index is 12.3. The number of fused-ring (bicyclic) bond motifs is 2. The van der Waals surface area contributed by atoms with Crippen LogP contribution in [0.25, 0.3) is 0 Å². The van der Waals surface area contributed by atoms with Gasteiger partial charge >= 0.3 is 6.03 Å². The lowest BCUT2D eigenvalue weighted by atomic mass is 9.96. The van der Waals surface area contributed by atoms with Crippen LogP contribution in [0.4, 0.5) is 4.79 Å². The minimum atomic E-state index is -0.872. The van der Waals surface area contributed by atoms with Gasteiger partial charge in [0.05, 0.1) is 18.8 Å². The SMILES string of the molecule is Cc1cnn(C2C3OCC(O3)C(NC(=O)NCc3ccccc3)C2O)c1. The van der Waals surface area contributed by atoms with Crippen LogP contribution in [-0.2, 0) is 16.0 Å². The molecule has 0 radical (unpaired) electrons. The Labute approximate surface area is 151 Å². The highest BCUT2D eigenvalue weighted by molar-refractivity contribution is 5.74. The molecule has 0 spiro atoms. The molecule has 1 aromatic heterocycles. The summed E-state index contributed by atoms with van der Waals surface area (Å²) in [5, 5.41) is 20.7. The molecule has 3 heterocycles. The van der Waals surface area contributed by atoms with Crippen molar-refractivity contribution >= 4 is 6.03 Å². The number of urea groups is 1. The van der Waals surface area contributed by atoms with Crippen LogP contribution >= 0.6 is 0 Å². The first-order valence-electron chi connectivity index (χ1n) is 8.66. The summed E-state index contributed by atoms with van der Waals surface area (Å²) in [6.07, 6.45) is 1.71. The average molecular weight is 358 g/mol. The molecule has 2 bridgehead atoms. The van der Waals surface area contributed by atoms with E-state index in [2.05, 4.69) is 15.7 Å². The van der Waals surface area contributed by atoms with E-state index >= 15 is 0 Å². The Morgan fingerprint density at radius 2 is 2.19 bits per heavy atom. The molecule has 2 amide bonds. The predicted octanol–water partition coefficient (Wildman–Crippen LogP) is 0.717. The Morgan fingerprint density at radius 1 is 1.38 bits per heavy atom. The van der Waals surface area contributed by atoms with Crippen LogP contribution < -0.4 is 10.6 Å². The van der Waals surface area contributed by atoms with Crippen molar-refractivity contribution in [3.63, 3.8) is 0 Å². The summed E-state index contributed by atoms with van der Waals surface area (Å²) in [7, 11) is 0. The number of hydrogen-bond donors (Lipinski definition) is 3. The zero-order valence-electron chi connectivity index (χ0n) is 14.4. The summed E-state index contributed by atoms with van der Waals surface area (Å²) in [6.45, 7) is 2.65. The quantitative estimate of drug-likeness (QED) is 0.748. The van der Waals surface area contributed by atoms with Crippen molar-refractivity contribution < 1.29 is 19.4 Å². The molecule has 8 heteroatoms. The van der Waals surface area contributed by atoms with Gasteiger partial charge in [-0.2, -0.15) is 5.10 Å². The Bertz CT molecular complexity index is 766. The molecule has 26 heavy (non-hydrogen) atoms. The lowest BCUT2D eigenvalue weighted by Gasteiger charge is -2.38. The maximum absolute atomic E-state index is 12.3. The zero-order chi connectivity index (χ0) is 18.1. The van der Waals surface area contributed by atoms with Gasteiger partial charge in [-0.3, -0.25) is 4.68 Å². The first-order valence-corrected chi connectivity index (χ1v) is 8.66. The van der Waals surface area contributed by atoms with E-state index in [0.29, 0.717) is 13.2 Å². The minimum Gasteiger partial charge on any atom is -0.388 e. The molecule has 2 aromatic rings. The number of carbonyl (C=O) groups is 1. The molecule has 0 saturated carbocycles. The van der Waals surface area contributed by atoms with E-state index < -0.39 is 24.5 Å². The van der Waals surface area contributed by atoms with Crippen molar-refractivity contribution in [1.29, 1.82) is 0 Å². The summed E-state index contributed by atoms with van der Waals surface area (Å²) in [5.74, 6) is 0. The Balaban J connectivity index is 1.43. The van der Waals surface area contributed by atoms with E-state index in [9.17, 15) is 9.90 Å². The topological polar surface area (TPSA) is 97.6 Å². The Kier molecular flexibility index (Phi) is 4.62. The van der Waals surface area contributed by atoms with Crippen LogP contribution in [0.2, 0.25) is 0 Å². The number of hydrogen-bond acceptors (Lipinski definition) is 5. The number of aliphatic hydroxyl groups excluding tert-OH is 1. The van der Waals surface area contributed by atoms with Crippen LogP contribution in [0.15, 0.2) is 42.7 Å². The third-order valence-electron chi connectivity index (χ3n) is 4.76. The predicted molar refractivity (Wildman–Crippen MR) is 92.2 cm³/mol. The summed E-state index contributed by atoms with van der Waals surface area (Å²) < 4.78 is 13.1. The third kappa shape index (κ3) is 3.31. The number of rotatable bonds is 4. The molecule has 1 aromatic carbocycles. The first-order chi connectivity index (χ1) is 12.6. The molecule has 5 atom stereocenters. The second kappa shape index (κ2) is 7.06. The molecular formula is C18H22N4O4. The van der Waals surface area contributed by atoms with Gasteiger partial charge in [0, 0.05) is 12.7 Å². The highest BCUT2D eigenvalue weighted by atomic mass is 16.7. The van der Waals surface area contributed by atoms with Gasteiger partial charge in [-0.1, -0.05) is 30.3 Å². The number of nitrogens with zero attached hydrogens (tertiary/aromatic N) is 2. The normalized spacial score (nSPS) is 30.2. The number of aliphatic hydroxyl groups is 1. The standard InChI is InChI=1S/C18H22N4O4/c1-11-7-20-22(9-11)15-16(23)14(13-10-25-17(15)26-13)21-18(24)19-8-12-5-3-2-4-6-12/h2-7,9,13-17,23H,8,10H2,1H3,(H2,19,21,24). The smallest absolute Gasteiger partial charge is 0.315 e. The van der Waals surface area contributed by atoms with Gasteiger partial charge in [0.2, 0.25) is 0 Å². The van der Waals surface area contributed by atoms with Gasteiger partial charge < -0.3 is 25.2 Å². The van der Waals surface area contributed by atoms with E-state index in [1.807, 2.05) is 43.5 Å². The largest absolute Gasteiger partial charge is 0.388 e. The number of nitrogens with one attached hydrogen (secondary N) is 2. The van der Waals surface area contributed by atoms with E-state index in [4.69, 9.17) is 9.47 Å². The summed E-state index contributed by atoms with van der Waals surface area (Å²) in [4.78, 5) is 12.3. The number of aromatic nitrogens is 2. The maximum Gasteiger partial charge on any atom is 0.315 e. The summed E-state index contributed by atoms with van der Waals surface area (Å²) in [5.41, 5.74) is 1.97. The van der Waals surface area contributed by atoms with Crippen molar-refractivity contribution in [3.05, 3.63) is 53.9 Å². The highest BCUT2D eigenvalue weighted by Gasteiger charge is 2.51. The second-order valence-electron chi connectivity index (χ2n) is 6.69. The van der Waals surface area contributed by atoms with Crippen molar-refractivity contribution in [2.45, 2.75) is 44.1 Å². The highest BCUT2D eigenvalue weighted by Crippen LogP contribution is 2.35. The van der Waals surface area contributed by atoms with Gasteiger partial charge in [-0.25, -0.2) is 4.79 Å². The Morgan fingerprint density at radius 3 is 2.92 bits per heavy atom. The fraction of sp³-hybridized carbons (Fsp3) is 0.444. The van der Waals surface area contributed by atoms with E-state index in [1.165, 1.54) is 0 Å². The van der Waals surface area contributed by atoms with Gasteiger partial charge in [-0.15, -0.1) is 0 Å². The molecule has 2 fully saturated rings. The van der Waals surface area contributed by atoms with Crippen molar-refractivity contribution in [2.24, 2.45) is 0 Å². The summed E-state index contributed by atoms with van der Waals surface area (Å²) in [6, 6.07) is 8.17. The average Bonchev–Trinajstić information content (AvgIpc) is 3.26. The van der Waals surface area contributed by atoms with Crippen LogP contribution in [0.5, 0.6) is 0 Å². The van der Waals surface area contributed by atoms with Crippen molar-refractivity contribution in [3.8, 4) is 0 Å². The van der Waals surface area contributed by atoms with E-state index in [0.717, 1.165) is 11.1 Å². The fourth-order valence-corrected chi connectivity index (χ4v) is 3.44. The fourth-order valence-electron chi connectivity index (χ4n) is 3.44. The molecular weight excluding hydrogens is 336 g/mol. The number of amides is 2. The van der Waals surface area contributed by atoms with E-state index in [-0.39, 0.29) is 12.1 Å². The molecule has 4 rings (SSSR count). The first kappa shape index (κ1) is 17.0. The number of carbonyl (C=O) groups excluding carboxylic acids is 1. The van der Waals surface area contributed by atoms with Crippen LogP contribution in [-0.4, -0.2) is 52.1 Å². The lowest BCUT2D eigenvalue weighted by molar-refractivity contribution is -0.166. The zero-order valence-corrected chi connectivity index (χ0v) is 14.4. The van der Waals surface area contributed by atoms with Gasteiger partial charge in [-0.05, 0) is 18.1 Å². The number of ether oxygens (including phenoxy) is 2. The minimum absolute atomic E-state index is 0.322. The van der Waals surface area contributed by atoms with Crippen molar-refractivity contribution in [2.75, 3.05) is 6.61 Å². The van der Waals surface area contributed by atoms with Crippen LogP contribution in [0.3, 0.4) is 0 Å². The molecule has 138 valence electrons. The van der Waals surface area contributed by atoms with Crippen molar-refractivity contribution in [1.82, 2.24) is 20.4 Å². The molecule has 2 aliphatic rings. The monoisotopic (exact) mass is 358 g/mol. The second-order valence-corrected chi connectivity index (χ2v) is 6.69. The van der Waals surface area contributed by atoms with E-state index in [1.54, 1.807) is 10.9 Å². The molecule has 5 unspecified atom stereocenters. The molecule has 3 N–H and O–H groups in total. The van der Waals surface area contributed by atoms with Crippen LogP contribution in [0, 0.1) is 6.92 Å². The number of benzene rings is 1. The van der Waals surface area contributed by atoms with Gasteiger partial charge in [0.1, 0.15) is 18.2 Å². The number of aryl methyl sites for hydroxylation is 1. The molecule has 2 aliphatic heterocycles. The van der Waals surface area contributed by atoms with Gasteiger partial charge in [0.15, 0.2) is 6.29 Å². The molecule has 0 aliphatic carbocycles.